The molecular formula is C22H30N4O6S2. The highest BCUT2D eigenvalue weighted by Gasteiger charge is 2.26. The molecule has 0 saturated carbocycles. The van der Waals surface area contributed by atoms with E-state index >= 15 is 0 Å². The molecule has 1 amide bonds. The van der Waals surface area contributed by atoms with Gasteiger partial charge in [-0.05, 0) is 30.0 Å². The molecule has 1 fully saturated rings. The maximum absolute atomic E-state index is 12.7. The number of thiazole rings is 1. The monoisotopic (exact) mass is 510 g/mol. The van der Waals surface area contributed by atoms with Crippen LogP contribution in [0.3, 0.4) is 0 Å². The van der Waals surface area contributed by atoms with Gasteiger partial charge in [-0.3, -0.25) is 4.79 Å². The minimum absolute atomic E-state index is 0.155. The fraction of sp³-hybridized carbons (Fsp3) is 0.500. The fourth-order valence-electron chi connectivity index (χ4n) is 3.09. The van der Waals surface area contributed by atoms with Crippen molar-refractivity contribution in [3.05, 3.63) is 40.9 Å². The number of benzene rings is 1. The molecule has 1 aliphatic rings. The van der Waals surface area contributed by atoms with Gasteiger partial charge in [-0.25, -0.2) is 18.2 Å². The SMILES string of the molecule is CC(C)CCNc1nc(C(=O)OCC(=O)NCc2ccc(S(=O)(=O)N3CCOCC3)cc2)cs1. The van der Waals surface area contributed by atoms with Crippen LogP contribution in [0.15, 0.2) is 34.5 Å². The zero-order valence-corrected chi connectivity index (χ0v) is 20.9. The first-order valence-electron chi connectivity index (χ1n) is 11.1. The minimum Gasteiger partial charge on any atom is -0.451 e. The van der Waals surface area contributed by atoms with Crippen molar-refractivity contribution in [2.75, 3.05) is 44.8 Å². The molecule has 2 N–H and O–H groups in total. The molecule has 1 aliphatic heterocycles. The smallest absolute Gasteiger partial charge is 0.358 e. The van der Waals surface area contributed by atoms with Gasteiger partial charge in [0.25, 0.3) is 5.91 Å². The van der Waals surface area contributed by atoms with Crippen LogP contribution in [0.25, 0.3) is 0 Å². The molecule has 2 aromatic rings. The number of carbonyl (C=O) groups excluding carboxylic acids is 2. The lowest BCUT2D eigenvalue weighted by molar-refractivity contribution is -0.124. The van der Waals surface area contributed by atoms with Crippen molar-refractivity contribution in [1.82, 2.24) is 14.6 Å². The van der Waals surface area contributed by atoms with E-state index in [9.17, 15) is 18.0 Å². The first kappa shape index (κ1) is 26.1. The normalized spacial score (nSPS) is 14.7. The van der Waals surface area contributed by atoms with Crippen LogP contribution < -0.4 is 10.6 Å². The second kappa shape index (κ2) is 12.2. The quantitative estimate of drug-likeness (QED) is 0.440. The van der Waals surface area contributed by atoms with Crippen LogP contribution in [0.1, 0.15) is 36.3 Å². The van der Waals surface area contributed by atoms with E-state index in [-0.39, 0.29) is 17.1 Å². The Morgan fingerprint density at radius 3 is 2.59 bits per heavy atom. The Hall–Kier alpha value is -2.54. The average molecular weight is 511 g/mol. The van der Waals surface area contributed by atoms with Gasteiger partial charge in [-0.1, -0.05) is 26.0 Å². The van der Waals surface area contributed by atoms with E-state index in [0.717, 1.165) is 18.5 Å². The molecule has 0 spiro atoms. The molecule has 0 atom stereocenters. The standard InChI is InChI=1S/C22H30N4O6S2/c1-16(2)7-8-23-22-25-19(15-33-22)21(28)32-14-20(27)24-13-17-3-5-18(6-4-17)34(29,30)26-9-11-31-12-10-26/h3-6,15-16H,7-14H2,1-2H3,(H,23,25)(H,24,27). The molecule has 2 heterocycles. The van der Waals surface area contributed by atoms with Crippen molar-refractivity contribution in [2.24, 2.45) is 5.92 Å². The van der Waals surface area contributed by atoms with Gasteiger partial charge in [0.15, 0.2) is 17.4 Å². The van der Waals surface area contributed by atoms with Gasteiger partial charge >= 0.3 is 5.97 Å². The van der Waals surface area contributed by atoms with Crippen molar-refractivity contribution in [1.29, 1.82) is 0 Å². The lowest BCUT2D eigenvalue weighted by Crippen LogP contribution is -2.40. The second-order valence-electron chi connectivity index (χ2n) is 8.16. The number of sulfonamides is 1. The summed E-state index contributed by atoms with van der Waals surface area (Å²) in [7, 11) is -3.56. The summed E-state index contributed by atoms with van der Waals surface area (Å²) in [5.74, 6) is -0.568. The van der Waals surface area contributed by atoms with Crippen LogP contribution in [-0.4, -0.2) is 69.0 Å². The Kier molecular flexibility index (Phi) is 9.39. The summed E-state index contributed by atoms with van der Waals surface area (Å²) >= 11 is 1.31. The van der Waals surface area contributed by atoms with Crippen LogP contribution in [0.2, 0.25) is 0 Å². The largest absolute Gasteiger partial charge is 0.451 e. The molecule has 0 radical (unpaired) electrons. The highest BCUT2D eigenvalue weighted by molar-refractivity contribution is 7.89. The van der Waals surface area contributed by atoms with Gasteiger partial charge in [-0.2, -0.15) is 4.31 Å². The van der Waals surface area contributed by atoms with Crippen molar-refractivity contribution >= 4 is 38.4 Å². The number of rotatable bonds is 11. The number of anilines is 1. The molecule has 1 saturated heterocycles. The fourth-order valence-corrected chi connectivity index (χ4v) is 5.21. The summed E-state index contributed by atoms with van der Waals surface area (Å²) in [6.07, 6.45) is 0.992. The van der Waals surface area contributed by atoms with Gasteiger partial charge in [0.1, 0.15) is 0 Å². The van der Waals surface area contributed by atoms with E-state index in [1.807, 2.05) is 0 Å². The summed E-state index contributed by atoms with van der Waals surface area (Å²) in [6, 6.07) is 6.31. The molecule has 0 aliphatic carbocycles. The molecule has 0 bridgehead atoms. The van der Waals surface area contributed by atoms with Gasteiger partial charge in [0, 0.05) is 31.6 Å². The van der Waals surface area contributed by atoms with Crippen molar-refractivity contribution in [2.45, 2.75) is 31.7 Å². The number of carbonyl (C=O) groups is 2. The summed E-state index contributed by atoms with van der Waals surface area (Å²) < 4.78 is 36.9. The third kappa shape index (κ3) is 7.49. The number of aromatic nitrogens is 1. The van der Waals surface area contributed by atoms with Gasteiger partial charge in [0.05, 0.1) is 18.1 Å². The molecule has 1 aromatic heterocycles. The number of hydrogen-bond donors (Lipinski definition) is 2. The van der Waals surface area contributed by atoms with Crippen molar-refractivity contribution < 1.29 is 27.5 Å². The van der Waals surface area contributed by atoms with Gasteiger partial charge in [0.2, 0.25) is 10.0 Å². The molecule has 186 valence electrons. The number of hydrogen-bond acceptors (Lipinski definition) is 9. The van der Waals surface area contributed by atoms with Gasteiger partial charge < -0.3 is 20.1 Å². The molecule has 34 heavy (non-hydrogen) atoms. The van der Waals surface area contributed by atoms with Gasteiger partial charge in [-0.15, -0.1) is 11.3 Å². The third-order valence-electron chi connectivity index (χ3n) is 5.07. The van der Waals surface area contributed by atoms with E-state index in [1.54, 1.807) is 17.5 Å². The molecule has 0 unspecified atom stereocenters. The third-order valence-corrected chi connectivity index (χ3v) is 7.78. The van der Waals surface area contributed by atoms with E-state index in [0.29, 0.717) is 37.4 Å². The first-order valence-corrected chi connectivity index (χ1v) is 13.4. The van der Waals surface area contributed by atoms with Crippen LogP contribution >= 0.6 is 11.3 Å². The zero-order valence-electron chi connectivity index (χ0n) is 19.3. The lowest BCUT2D eigenvalue weighted by Gasteiger charge is -2.26. The summed E-state index contributed by atoms with van der Waals surface area (Å²) in [5, 5.41) is 8.03. The number of nitrogens with zero attached hydrogens (tertiary/aromatic N) is 2. The van der Waals surface area contributed by atoms with E-state index < -0.39 is 28.5 Å². The predicted octanol–water partition coefficient (Wildman–Crippen LogP) is 2.10. The van der Waals surface area contributed by atoms with E-state index in [2.05, 4.69) is 29.5 Å². The minimum atomic E-state index is -3.56. The van der Waals surface area contributed by atoms with E-state index in [1.165, 1.54) is 27.8 Å². The summed E-state index contributed by atoms with van der Waals surface area (Å²) in [4.78, 5) is 28.6. The first-order chi connectivity index (χ1) is 16.3. The molecule has 10 nitrogen and oxygen atoms in total. The summed E-state index contributed by atoms with van der Waals surface area (Å²) in [6.45, 7) is 6.19. The highest BCUT2D eigenvalue weighted by Crippen LogP contribution is 2.18. The number of amides is 1. The summed E-state index contributed by atoms with van der Waals surface area (Å²) in [5.41, 5.74) is 0.874. The second-order valence-corrected chi connectivity index (χ2v) is 11.0. The Labute approximate surface area is 203 Å². The lowest BCUT2D eigenvalue weighted by atomic mass is 10.1. The number of esters is 1. The van der Waals surface area contributed by atoms with Crippen LogP contribution in [0, 0.1) is 5.92 Å². The van der Waals surface area contributed by atoms with Crippen molar-refractivity contribution in [3.63, 3.8) is 0 Å². The highest BCUT2D eigenvalue weighted by atomic mass is 32.2. The number of nitrogens with one attached hydrogen (secondary N) is 2. The van der Waals surface area contributed by atoms with E-state index in [4.69, 9.17) is 9.47 Å². The van der Waals surface area contributed by atoms with Crippen LogP contribution in [0.5, 0.6) is 0 Å². The van der Waals surface area contributed by atoms with Crippen molar-refractivity contribution in [3.8, 4) is 0 Å². The Bertz CT molecular complexity index is 1060. The number of morpholine rings is 1. The Morgan fingerprint density at radius 1 is 1.21 bits per heavy atom. The Balaban J connectivity index is 1.42. The predicted molar refractivity (Wildman–Crippen MR) is 128 cm³/mol. The topological polar surface area (TPSA) is 127 Å². The molecule has 1 aromatic carbocycles. The van der Waals surface area contributed by atoms with Crippen LogP contribution in [0.4, 0.5) is 5.13 Å². The molecule has 12 heteroatoms. The average Bonchev–Trinajstić information content (AvgIpc) is 3.31. The number of ether oxygens (including phenoxy) is 2. The molecule has 3 rings (SSSR count). The zero-order chi connectivity index (χ0) is 24.6. The maximum atomic E-state index is 12.7. The Morgan fingerprint density at radius 2 is 1.91 bits per heavy atom. The van der Waals surface area contributed by atoms with Crippen LogP contribution in [-0.2, 0) is 30.8 Å². The maximum Gasteiger partial charge on any atom is 0.358 e. The molecular weight excluding hydrogens is 480 g/mol.